The number of benzene rings is 2. The minimum atomic E-state index is -0.240. The van der Waals surface area contributed by atoms with Crippen molar-refractivity contribution in [1.82, 2.24) is 10.3 Å². The second kappa shape index (κ2) is 9.65. The van der Waals surface area contributed by atoms with Crippen molar-refractivity contribution in [3.8, 4) is 17.4 Å². The minimum absolute atomic E-state index is 0.240. The first-order valence-corrected chi connectivity index (χ1v) is 9.42. The lowest BCUT2D eigenvalue weighted by molar-refractivity contribution is 0.0950. The first kappa shape index (κ1) is 21.0. The van der Waals surface area contributed by atoms with Gasteiger partial charge in [-0.2, -0.15) is 4.98 Å². The number of carbonyl (C=O) groups is 1. The number of carbonyl (C=O) groups excluding carboxylic acids is 1. The molecule has 3 rings (SSSR count). The predicted molar refractivity (Wildman–Crippen MR) is 116 cm³/mol. The van der Waals surface area contributed by atoms with E-state index in [2.05, 4.69) is 15.6 Å². The average molecular weight is 407 g/mol. The Labute approximate surface area is 176 Å². The van der Waals surface area contributed by atoms with Gasteiger partial charge in [0.25, 0.3) is 5.91 Å². The molecule has 0 bridgehead atoms. The van der Waals surface area contributed by atoms with Crippen LogP contribution in [0.5, 0.6) is 17.4 Å². The SMILES string of the molecule is COc1ccc(Nc2cc(C(=O)NCc3ccccc3OC)cc(OC)n2)c(C)c1. The summed E-state index contributed by atoms with van der Waals surface area (Å²) in [6, 6.07) is 16.5. The highest BCUT2D eigenvalue weighted by Gasteiger charge is 2.12. The van der Waals surface area contributed by atoms with Gasteiger partial charge in [-0.15, -0.1) is 0 Å². The molecule has 7 heteroatoms. The molecule has 1 heterocycles. The zero-order valence-electron chi connectivity index (χ0n) is 17.5. The number of hydrogen-bond donors (Lipinski definition) is 2. The highest BCUT2D eigenvalue weighted by atomic mass is 16.5. The van der Waals surface area contributed by atoms with Crippen molar-refractivity contribution in [3.63, 3.8) is 0 Å². The maximum atomic E-state index is 12.8. The van der Waals surface area contributed by atoms with Crippen LogP contribution in [0.4, 0.5) is 11.5 Å². The number of para-hydroxylation sites is 1. The van der Waals surface area contributed by atoms with Crippen LogP contribution in [0.25, 0.3) is 0 Å². The van der Waals surface area contributed by atoms with Crippen LogP contribution in [-0.2, 0) is 6.54 Å². The van der Waals surface area contributed by atoms with Gasteiger partial charge in [-0.05, 0) is 42.8 Å². The van der Waals surface area contributed by atoms with E-state index in [1.807, 2.05) is 49.4 Å². The molecule has 156 valence electrons. The van der Waals surface area contributed by atoms with Crippen LogP contribution in [0.3, 0.4) is 0 Å². The first-order chi connectivity index (χ1) is 14.5. The summed E-state index contributed by atoms with van der Waals surface area (Å²) in [5.74, 6) is 2.10. The van der Waals surface area contributed by atoms with Crippen molar-refractivity contribution >= 4 is 17.4 Å². The lowest BCUT2D eigenvalue weighted by Gasteiger charge is -2.13. The van der Waals surface area contributed by atoms with E-state index in [0.29, 0.717) is 23.8 Å². The Morgan fingerprint density at radius 3 is 2.47 bits per heavy atom. The molecule has 0 saturated heterocycles. The molecule has 0 saturated carbocycles. The number of aryl methyl sites for hydroxylation is 1. The summed E-state index contributed by atoms with van der Waals surface area (Å²) in [5, 5.41) is 6.15. The normalized spacial score (nSPS) is 10.3. The van der Waals surface area contributed by atoms with Crippen molar-refractivity contribution in [3.05, 3.63) is 71.3 Å². The van der Waals surface area contributed by atoms with E-state index in [-0.39, 0.29) is 5.91 Å². The molecule has 1 amide bonds. The van der Waals surface area contributed by atoms with Gasteiger partial charge in [-0.3, -0.25) is 4.79 Å². The number of rotatable bonds is 8. The van der Waals surface area contributed by atoms with E-state index in [4.69, 9.17) is 14.2 Å². The Morgan fingerprint density at radius 2 is 1.77 bits per heavy atom. The third-order valence-electron chi connectivity index (χ3n) is 4.60. The van der Waals surface area contributed by atoms with Crippen LogP contribution in [0.1, 0.15) is 21.5 Å². The Hall–Kier alpha value is -3.74. The number of ether oxygens (including phenoxy) is 3. The second-order valence-corrected chi connectivity index (χ2v) is 6.58. The Bertz CT molecular complexity index is 1040. The molecular formula is C23H25N3O4. The van der Waals surface area contributed by atoms with E-state index in [1.54, 1.807) is 26.4 Å². The number of methoxy groups -OCH3 is 3. The summed E-state index contributed by atoms with van der Waals surface area (Å²) in [6.07, 6.45) is 0. The highest BCUT2D eigenvalue weighted by molar-refractivity contribution is 5.95. The fourth-order valence-corrected chi connectivity index (χ4v) is 2.97. The summed E-state index contributed by atoms with van der Waals surface area (Å²) in [6.45, 7) is 2.31. The second-order valence-electron chi connectivity index (χ2n) is 6.58. The van der Waals surface area contributed by atoms with Gasteiger partial charge in [0.1, 0.15) is 17.3 Å². The molecule has 0 unspecified atom stereocenters. The summed E-state index contributed by atoms with van der Waals surface area (Å²) in [5.41, 5.74) is 3.17. The van der Waals surface area contributed by atoms with Gasteiger partial charge < -0.3 is 24.8 Å². The van der Waals surface area contributed by atoms with Crippen LogP contribution in [0.15, 0.2) is 54.6 Å². The number of aromatic nitrogens is 1. The molecule has 0 spiro atoms. The summed E-state index contributed by atoms with van der Waals surface area (Å²) in [4.78, 5) is 17.2. The van der Waals surface area contributed by atoms with Crippen molar-refractivity contribution in [2.45, 2.75) is 13.5 Å². The molecule has 30 heavy (non-hydrogen) atoms. The van der Waals surface area contributed by atoms with E-state index in [9.17, 15) is 4.79 Å². The van der Waals surface area contributed by atoms with Gasteiger partial charge >= 0.3 is 0 Å². The zero-order valence-corrected chi connectivity index (χ0v) is 17.5. The van der Waals surface area contributed by atoms with Gasteiger partial charge in [0.2, 0.25) is 5.88 Å². The molecule has 0 radical (unpaired) electrons. The van der Waals surface area contributed by atoms with Crippen LogP contribution >= 0.6 is 0 Å². The van der Waals surface area contributed by atoms with Crippen molar-refractivity contribution < 1.29 is 19.0 Å². The van der Waals surface area contributed by atoms with Gasteiger partial charge in [0.15, 0.2) is 0 Å². The van der Waals surface area contributed by atoms with E-state index >= 15 is 0 Å². The lowest BCUT2D eigenvalue weighted by Crippen LogP contribution is -2.23. The lowest BCUT2D eigenvalue weighted by atomic mass is 10.1. The van der Waals surface area contributed by atoms with Crippen LogP contribution in [0, 0.1) is 6.92 Å². The van der Waals surface area contributed by atoms with Crippen LogP contribution in [0.2, 0.25) is 0 Å². The van der Waals surface area contributed by atoms with Crippen molar-refractivity contribution in [2.75, 3.05) is 26.6 Å². The van der Waals surface area contributed by atoms with E-state index in [0.717, 1.165) is 28.3 Å². The molecule has 0 fully saturated rings. The molecule has 0 atom stereocenters. The van der Waals surface area contributed by atoms with Gasteiger partial charge in [-0.25, -0.2) is 0 Å². The summed E-state index contributed by atoms with van der Waals surface area (Å²) in [7, 11) is 4.75. The first-order valence-electron chi connectivity index (χ1n) is 9.42. The summed E-state index contributed by atoms with van der Waals surface area (Å²) >= 11 is 0. The summed E-state index contributed by atoms with van der Waals surface area (Å²) < 4.78 is 15.9. The predicted octanol–water partition coefficient (Wildman–Crippen LogP) is 4.09. The molecule has 0 aliphatic heterocycles. The average Bonchev–Trinajstić information content (AvgIpc) is 2.78. The monoisotopic (exact) mass is 407 g/mol. The fraction of sp³-hybridized carbons (Fsp3) is 0.217. The Kier molecular flexibility index (Phi) is 6.75. The van der Waals surface area contributed by atoms with Crippen molar-refractivity contribution in [1.29, 1.82) is 0 Å². The molecular weight excluding hydrogens is 382 g/mol. The third-order valence-corrected chi connectivity index (χ3v) is 4.60. The number of pyridine rings is 1. The molecule has 2 N–H and O–H groups in total. The largest absolute Gasteiger partial charge is 0.497 e. The number of nitrogens with one attached hydrogen (secondary N) is 2. The van der Waals surface area contributed by atoms with Gasteiger partial charge in [-0.1, -0.05) is 18.2 Å². The number of anilines is 2. The third kappa shape index (κ3) is 5.00. The molecule has 2 aromatic carbocycles. The van der Waals surface area contributed by atoms with Crippen molar-refractivity contribution in [2.24, 2.45) is 0 Å². The van der Waals surface area contributed by atoms with E-state index in [1.165, 1.54) is 7.11 Å². The number of amides is 1. The van der Waals surface area contributed by atoms with Crippen LogP contribution in [-0.4, -0.2) is 32.2 Å². The molecule has 0 aliphatic rings. The van der Waals surface area contributed by atoms with Gasteiger partial charge in [0, 0.05) is 29.4 Å². The standard InChI is InChI=1S/C23H25N3O4/c1-15-11-18(28-2)9-10-19(15)25-21-12-17(13-22(26-21)30-4)23(27)24-14-16-7-5-6-8-20(16)29-3/h5-13H,14H2,1-4H3,(H,24,27)(H,25,26). The smallest absolute Gasteiger partial charge is 0.251 e. The topological polar surface area (TPSA) is 81.7 Å². The molecule has 0 aliphatic carbocycles. The number of hydrogen-bond acceptors (Lipinski definition) is 6. The number of nitrogens with zero attached hydrogens (tertiary/aromatic N) is 1. The maximum Gasteiger partial charge on any atom is 0.251 e. The highest BCUT2D eigenvalue weighted by Crippen LogP contribution is 2.26. The zero-order chi connectivity index (χ0) is 21.5. The minimum Gasteiger partial charge on any atom is -0.497 e. The quantitative estimate of drug-likeness (QED) is 0.585. The Balaban J connectivity index is 1.79. The Morgan fingerprint density at radius 1 is 0.967 bits per heavy atom. The molecule has 3 aromatic rings. The van der Waals surface area contributed by atoms with Crippen LogP contribution < -0.4 is 24.8 Å². The molecule has 7 nitrogen and oxygen atoms in total. The van der Waals surface area contributed by atoms with E-state index < -0.39 is 0 Å². The van der Waals surface area contributed by atoms with Gasteiger partial charge in [0.05, 0.1) is 21.3 Å². The maximum absolute atomic E-state index is 12.8. The fourth-order valence-electron chi connectivity index (χ4n) is 2.97. The molecule has 1 aromatic heterocycles.